The second-order valence-electron chi connectivity index (χ2n) is 5.04. The van der Waals surface area contributed by atoms with E-state index in [2.05, 4.69) is 5.32 Å². The lowest BCUT2D eigenvalue weighted by atomic mass is 10.2. The van der Waals surface area contributed by atoms with Gasteiger partial charge in [-0.3, -0.25) is 4.79 Å². The van der Waals surface area contributed by atoms with Gasteiger partial charge in [0, 0.05) is 11.1 Å². The van der Waals surface area contributed by atoms with Crippen LogP contribution in [-0.2, 0) is 4.79 Å². The molecule has 122 valence electrons. The van der Waals surface area contributed by atoms with E-state index >= 15 is 0 Å². The summed E-state index contributed by atoms with van der Waals surface area (Å²) in [5.74, 6) is -1.56. The smallest absolute Gasteiger partial charge is 0.265 e. The Balaban J connectivity index is 2.10. The number of carbonyl (C=O) groups is 1. The Hall–Kier alpha value is -2.14. The Morgan fingerprint density at radius 2 is 2.00 bits per heavy atom. The molecule has 1 amide bonds. The average molecular weight is 340 g/mol. The summed E-state index contributed by atoms with van der Waals surface area (Å²) in [6.07, 6.45) is -0.420. The van der Waals surface area contributed by atoms with Crippen molar-refractivity contribution in [1.82, 2.24) is 0 Å². The van der Waals surface area contributed by atoms with Gasteiger partial charge >= 0.3 is 0 Å². The maximum Gasteiger partial charge on any atom is 0.265 e. The Bertz CT molecular complexity index is 722. The van der Waals surface area contributed by atoms with Gasteiger partial charge in [-0.1, -0.05) is 18.5 Å². The molecule has 0 bridgehead atoms. The molecule has 2 rings (SSSR count). The monoisotopic (exact) mass is 339 g/mol. The fraction of sp³-hybridized carbons (Fsp3) is 0.235. The molecule has 0 aliphatic carbocycles. The Labute approximate surface area is 138 Å². The number of anilines is 1. The van der Waals surface area contributed by atoms with Crippen LogP contribution < -0.4 is 10.1 Å². The number of nitrogens with one attached hydrogen (secondary N) is 1. The largest absolute Gasteiger partial charge is 0.481 e. The third kappa shape index (κ3) is 4.42. The van der Waals surface area contributed by atoms with E-state index in [9.17, 15) is 13.6 Å². The van der Waals surface area contributed by atoms with Crippen molar-refractivity contribution in [3.8, 4) is 5.75 Å². The molecular formula is C17H16ClF2NO2. The quantitative estimate of drug-likeness (QED) is 0.855. The second kappa shape index (κ2) is 7.42. The van der Waals surface area contributed by atoms with Crippen LogP contribution in [0.2, 0.25) is 5.02 Å². The molecule has 0 unspecified atom stereocenters. The molecule has 0 saturated carbocycles. The van der Waals surface area contributed by atoms with E-state index in [0.29, 0.717) is 23.3 Å². The molecule has 1 N–H and O–H groups in total. The molecule has 2 aromatic rings. The van der Waals surface area contributed by atoms with Crippen molar-refractivity contribution in [1.29, 1.82) is 0 Å². The minimum atomic E-state index is -0.837. The summed E-state index contributed by atoms with van der Waals surface area (Å²) in [7, 11) is 0. The lowest BCUT2D eigenvalue weighted by Crippen LogP contribution is -2.32. The zero-order valence-electron chi connectivity index (χ0n) is 12.7. The van der Waals surface area contributed by atoms with Crippen LogP contribution in [0.1, 0.15) is 18.9 Å². The topological polar surface area (TPSA) is 38.3 Å². The third-order valence-corrected chi connectivity index (χ3v) is 3.68. The van der Waals surface area contributed by atoms with Crippen molar-refractivity contribution in [2.45, 2.75) is 26.4 Å². The zero-order chi connectivity index (χ0) is 17.0. The van der Waals surface area contributed by atoms with Gasteiger partial charge < -0.3 is 10.1 Å². The maximum atomic E-state index is 13.6. The Kier molecular flexibility index (Phi) is 5.55. The fourth-order valence-electron chi connectivity index (χ4n) is 1.98. The van der Waals surface area contributed by atoms with Gasteiger partial charge in [-0.05, 0) is 49.2 Å². The Morgan fingerprint density at radius 3 is 2.61 bits per heavy atom. The first-order valence-electron chi connectivity index (χ1n) is 7.09. The molecule has 0 saturated heterocycles. The van der Waals surface area contributed by atoms with Crippen LogP contribution in [-0.4, -0.2) is 12.0 Å². The first-order valence-corrected chi connectivity index (χ1v) is 7.47. The molecule has 0 aliphatic heterocycles. The minimum absolute atomic E-state index is 0.0919. The molecule has 0 fully saturated rings. The van der Waals surface area contributed by atoms with Crippen molar-refractivity contribution in [3.05, 3.63) is 58.6 Å². The van der Waals surface area contributed by atoms with Crippen LogP contribution in [0.5, 0.6) is 5.75 Å². The molecule has 6 heteroatoms. The second-order valence-corrected chi connectivity index (χ2v) is 5.45. The molecule has 0 spiro atoms. The van der Waals surface area contributed by atoms with Gasteiger partial charge in [0.2, 0.25) is 0 Å². The summed E-state index contributed by atoms with van der Waals surface area (Å²) in [6, 6.07) is 8.00. The summed E-state index contributed by atoms with van der Waals surface area (Å²) in [4.78, 5) is 12.2. The van der Waals surface area contributed by atoms with Gasteiger partial charge in [0.25, 0.3) is 5.91 Å². The van der Waals surface area contributed by atoms with Gasteiger partial charge in [0.1, 0.15) is 17.4 Å². The number of amides is 1. The number of hydrogen-bond donors (Lipinski definition) is 1. The highest BCUT2D eigenvalue weighted by Gasteiger charge is 2.20. The lowest BCUT2D eigenvalue weighted by Gasteiger charge is -2.18. The number of benzene rings is 2. The maximum absolute atomic E-state index is 13.6. The SMILES string of the molecule is CC[C@H](Oc1ccc(Cl)c(C)c1)C(=O)Nc1ccc(F)cc1F. The van der Waals surface area contributed by atoms with Gasteiger partial charge in [-0.25, -0.2) is 8.78 Å². The van der Waals surface area contributed by atoms with Crippen LogP contribution >= 0.6 is 11.6 Å². The molecule has 3 nitrogen and oxygen atoms in total. The van der Waals surface area contributed by atoms with E-state index in [1.807, 2.05) is 6.92 Å². The first-order chi connectivity index (χ1) is 10.9. The van der Waals surface area contributed by atoms with Gasteiger partial charge in [0.05, 0.1) is 5.69 Å². The van der Waals surface area contributed by atoms with Crippen LogP contribution in [0, 0.1) is 18.6 Å². The summed E-state index contributed by atoms with van der Waals surface area (Å²) < 4.78 is 32.1. The van der Waals surface area contributed by atoms with E-state index in [1.165, 1.54) is 6.07 Å². The number of halogens is 3. The van der Waals surface area contributed by atoms with Crippen LogP contribution in [0.3, 0.4) is 0 Å². The summed E-state index contributed by atoms with van der Waals surface area (Å²) in [5, 5.41) is 3.00. The molecule has 0 radical (unpaired) electrons. The summed E-state index contributed by atoms with van der Waals surface area (Å²) in [5.41, 5.74) is 0.731. The number of hydrogen-bond acceptors (Lipinski definition) is 2. The number of ether oxygens (including phenoxy) is 1. The molecular weight excluding hydrogens is 324 g/mol. The molecule has 1 atom stereocenters. The van der Waals surface area contributed by atoms with Crippen molar-refractivity contribution in [2.24, 2.45) is 0 Å². The predicted molar refractivity (Wildman–Crippen MR) is 85.9 cm³/mol. The molecule has 0 heterocycles. The van der Waals surface area contributed by atoms with Crippen LogP contribution in [0.15, 0.2) is 36.4 Å². The van der Waals surface area contributed by atoms with E-state index in [4.69, 9.17) is 16.3 Å². The zero-order valence-corrected chi connectivity index (χ0v) is 13.5. The summed E-state index contributed by atoms with van der Waals surface area (Å²) >= 11 is 5.94. The average Bonchev–Trinajstić information content (AvgIpc) is 2.51. The van der Waals surface area contributed by atoms with E-state index in [1.54, 1.807) is 25.1 Å². The highest BCUT2D eigenvalue weighted by molar-refractivity contribution is 6.31. The highest BCUT2D eigenvalue weighted by atomic mass is 35.5. The van der Waals surface area contributed by atoms with Crippen molar-refractivity contribution < 1.29 is 18.3 Å². The highest BCUT2D eigenvalue weighted by Crippen LogP contribution is 2.23. The number of carbonyl (C=O) groups excluding carboxylic acids is 1. The van der Waals surface area contributed by atoms with Crippen LogP contribution in [0.4, 0.5) is 14.5 Å². The summed E-state index contributed by atoms with van der Waals surface area (Å²) in [6.45, 7) is 3.60. The van der Waals surface area contributed by atoms with Crippen LogP contribution in [0.25, 0.3) is 0 Å². The minimum Gasteiger partial charge on any atom is -0.481 e. The number of rotatable bonds is 5. The molecule has 0 aliphatic rings. The normalized spacial score (nSPS) is 11.9. The van der Waals surface area contributed by atoms with E-state index < -0.39 is 23.6 Å². The van der Waals surface area contributed by atoms with E-state index in [-0.39, 0.29) is 5.69 Å². The molecule has 2 aromatic carbocycles. The van der Waals surface area contributed by atoms with Crippen molar-refractivity contribution in [2.75, 3.05) is 5.32 Å². The Morgan fingerprint density at radius 1 is 1.26 bits per heavy atom. The van der Waals surface area contributed by atoms with Gasteiger partial charge in [-0.15, -0.1) is 0 Å². The van der Waals surface area contributed by atoms with Crippen molar-refractivity contribution in [3.63, 3.8) is 0 Å². The lowest BCUT2D eigenvalue weighted by molar-refractivity contribution is -0.122. The van der Waals surface area contributed by atoms with Gasteiger partial charge in [-0.2, -0.15) is 0 Å². The molecule has 23 heavy (non-hydrogen) atoms. The molecule has 0 aromatic heterocycles. The fourth-order valence-corrected chi connectivity index (χ4v) is 2.10. The van der Waals surface area contributed by atoms with Gasteiger partial charge in [0.15, 0.2) is 6.10 Å². The third-order valence-electron chi connectivity index (χ3n) is 3.26. The van der Waals surface area contributed by atoms with Crippen molar-refractivity contribution >= 4 is 23.2 Å². The predicted octanol–water partition coefficient (Wildman–Crippen LogP) is 4.72. The van der Waals surface area contributed by atoms with E-state index in [0.717, 1.165) is 11.6 Å². The number of aryl methyl sites for hydroxylation is 1. The standard InChI is InChI=1S/C17H16ClF2NO2/c1-3-16(23-12-5-6-13(18)10(2)8-12)17(22)21-15-7-4-11(19)9-14(15)20/h4-9,16H,3H2,1-2H3,(H,21,22)/t16-/m0/s1. The first kappa shape index (κ1) is 17.2.